The molecule has 0 bridgehead atoms. The van der Waals surface area contributed by atoms with E-state index in [1.165, 1.54) is 4.90 Å². The molecule has 0 N–H and O–H groups in total. The van der Waals surface area contributed by atoms with Crippen LogP contribution in [0, 0.1) is 0 Å². The van der Waals surface area contributed by atoms with Crippen molar-refractivity contribution in [3.63, 3.8) is 0 Å². The fourth-order valence-corrected chi connectivity index (χ4v) is 4.59. The van der Waals surface area contributed by atoms with Crippen molar-refractivity contribution >= 4 is 29.0 Å². The molecule has 2 aliphatic rings. The highest BCUT2D eigenvalue weighted by Gasteiger charge is 2.43. The monoisotopic (exact) mass is 453 g/mol. The lowest BCUT2D eigenvalue weighted by molar-refractivity contribution is -0.138. The van der Waals surface area contributed by atoms with Crippen LogP contribution in [0.5, 0.6) is 5.75 Å². The van der Waals surface area contributed by atoms with E-state index < -0.39 is 0 Å². The number of rotatable bonds is 6. The number of likely N-dealkylation sites (N-methyl/N-ethyl adjacent to an activating group) is 1. The van der Waals surface area contributed by atoms with E-state index in [-0.39, 0.29) is 24.4 Å². The number of benzene rings is 2. The van der Waals surface area contributed by atoms with Gasteiger partial charge < -0.3 is 14.5 Å². The van der Waals surface area contributed by atoms with Crippen molar-refractivity contribution in [2.75, 3.05) is 34.3 Å². The van der Waals surface area contributed by atoms with Crippen LogP contribution in [0.15, 0.2) is 54.2 Å². The summed E-state index contributed by atoms with van der Waals surface area (Å²) in [5, 5.41) is 0.614. The van der Waals surface area contributed by atoms with E-state index in [4.69, 9.17) is 16.3 Å². The third-order valence-electron chi connectivity index (χ3n) is 6.36. The summed E-state index contributed by atoms with van der Waals surface area (Å²) >= 11 is 6.00. The van der Waals surface area contributed by atoms with Gasteiger partial charge in [-0.05, 0) is 56.7 Å². The second-order valence-electron chi connectivity index (χ2n) is 8.39. The zero-order valence-corrected chi connectivity index (χ0v) is 19.4. The Kier molecular flexibility index (Phi) is 6.53. The molecule has 1 saturated heterocycles. The number of nitrogens with zero attached hydrogens (tertiary/aromatic N) is 3. The first kappa shape index (κ1) is 22.4. The number of hydrogen-bond donors (Lipinski definition) is 0. The van der Waals surface area contributed by atoms with Crippen molar-refractivity contribution in [1.29, 1.82) is 0 Å². The third kappa shape index (κ3) is 4.25. The quantitative estimate of drug-likeness (QED) is 0.625. The number of methoxy groups -OCH3 is 1. The summed E-state index contributed by atoms with van der Waals surface area (Å²) in [5.41, 5.74) is 2.34. The van der Waals surface area contributed by atoms with Gasteiger partial charge >= 0.3 is 0 Å². The van der Waals surface area contributed by atoms with Gasteiger partial charge in [-0.2, -0.15) is 0 Å². The highest BCUT2D eigenvalue weighted by Crippen LogP contribution is 2.37. The van der Waals surface area contributed by atoms with Crippen LogP contribution in [0.2, 0.25) is 5.02 Å². The Morgan fingerprint density at radius 3 is 2.34 bits per heavy atom. The Bertz CT molecular complexity index is 1040. The maximum atomic E-state index is 13.6. The van der Waals surface area contributed by atoms with Crippen molar-refractivity contribution in [2.24, 2.45) is 0 Å². The zero-order valence-electron chi connectivity index (χ0n) is 18.7. The standard InChI is InChI=1S/C25H28ClN3O3/c1-27-14-12-19(13-15-27)28(2)23-22(20-6-4-5-7-21(20)32-3)24(30)29(25(23)31)16-17-8-10-18(26)11-9-17/h4-11,19H,12-16H2,1-3H3. The normalized spacial score (nSPS) is 17.9. The number of piperidine rings is 1. The van der Waals surface area contributed by atoms with Gasteiger partial charge in [0.15, 0.2) is 0 Å². The predicted molar refractivity (Wildman–Crippen MR) is 125 cm³/mol. The molecule has 0 unspecified atom stereocenters. The third-order valence-corrected chi connectivity index (χ3v) is 6.61. The SMILES string of the molecule is COc1ccccc1C1=C(N(C)C2CCN(C)CC2)C(=O)N(Cc2ccc(Cl)cc2)C1=O. The summed E-state index contributed by atoms with van der Waals surface area (Å²) in [6.45, 7) is 2.12. The lowest BCUT2D eigenvalue weighted by Gasteiger charge is -2.36. The van der Waals surface area contributed by atoms with E-state index in [0.717, 1.165) is 31.5 Å². The maximum Gasteiger partial charge on any atom is 0.278 e. The van der Waals surface area contributed by atoms with E-state index >= 15 is 0 Å². The van der Waals surface area contributed by atoms with E-state index in [9.17, 15) is 9.59 Å². The molecule has 0 aromatic heterocycles. The number of likely N-dealkylation sites (tertiary alicyclic amines) is 1. The lowest BCUT2D eigenvalue weighted by Crippen LogP contribution is -2.43. The van der Waals surface area contributed by atoms with E-state index in [0.29, 0.717) is 27.6 Å². The molecule has 0 radical (unpaired) electrons. The largest absolute Gasteiger partial charge is 0.496 e. The molecule has 2 amide bonds. The highest BCUT2D eigenvalue weighted by atomic mass is 35.5. The Balaban J connectivity index is 1.74. The van der Waals surface area contributed by atoms with Crippen molar-refractivity contribution in [3.05, 3.63) is 70.4 Å². The van der Waals surface area contributed by atoms with Gasteiger partial charge in [-0.15, -0.1) is 0 Å². The lowest BCUT2D eigenvalue weighted by atomic mass is 9.99. The summed E-state index contributed by atoms with van der Waals surface area (Å²) in [6, 6.07) is 14.8. The van der Waals surface area contributed by atoms with Crippen LogP contribution >= 0.6 is 11.6 Å². The number of hydrogen-bond acceptors (Lipinski definition) is 5. The molecule has 0 saturated carbocycles. The van der Waals surface area contributed by atoms with Crippen LogP contribution < -0.4 is 4.74 Å². The molecular weight excluding hydrogens is 426 g/mol. The minimum atomic E-state index is -0.302. The molecule has 0 spiro atoms. The number of ether oxygens (including phenoxy) is 1. The molecular formula is C25H28ClN3O3. The molecule has 0 aliphatic carbocycles. The molecule has 2 aromatic carbocycles. The topological polar surface area (TPSA) is 53.1 Å². The first-order valence-corrected chi connectivity index (χ1v) is 11.2. The van der Waals surface area contributed by atoms with Crippen LogP contribution in [-0.4, -0.2) is 66.9 Å². The van der Waals surface area contributed by atoms with Crippen LogP contribution in [0.25, 0.3) is 5.57 Å². The summed E-state index contributed by atoms with van der Waals surface area (Å²) in [5.74, 6) is 0.00258. The first-order chi connectivity index (χ1) is 15.4. The van der Waals surface area contributed by atoms with Crippen molar-refractivity contribution in [2.45, 2.75) is 25.4 Å². The van der Waals surface area contributed by atoms with Gasteiger partial charge in [-0.3, -0.25) is 14.5 Å². The molecule has 168 valence electrons. The smallest absolute Gasteiger partial charge is 0.278 e. The molecule has 6 nitrogen and oxygen atoms in total. The van der Waals surface area contributed by atoms with Gasteiger partial charge in [0, 0.05) is 23.7 Å². The van der Waals surface area contributed by atoms with Crippen LogP contribution in [0.3, 0.4) is 0 Å². The average Bonchev–Trinajstić information content (AvgIpc) is 3.05. The van der Waals surface area contributed by atoms with E-state index in [1.54, 1.807) is 19.2 Å². The molecule has 2 aromatic rings. The minimum absolute atomic E-state index is 0.193. The van der Waals surface area contributed by atoms with Gasteiger partial charge in [0.25, 0.3) is 11.8 Å². The van der Waals surface area contributed by atoms with Gasteiger partial charge in [0.1, 0.15) is 11.4 Å². The van der Waals surface area contributed by atoms with E-state index in [1.807, 2.05) is 48.3 Å². The molecule has 4 rings (SSSR count). The number of imide groups is 1. The molecule has 32 heavy (non-hydrogen) atoms. The summed E-state index contributed by atoms with van der Waals surface area (Å²) in [7, 11) is 5.61. The van der Waals surface area contributed by atoms with Crippen LogP contribution in [-0.2, 0) is 16.1 Å². The Labute approximate surface area is 194 Å². The number of carbonyl (C=O) groups excluding carboxylic acids is 2. The molecule has 2 heterocycles. The molecule has 0 atom stereocenters. The van der Waals surface area contributed by atoms with Gasteiger partial charge in [-0.1, -0.05) is 41.9 Å². The minimum Gasteiger partial charge on any atom is -0.496 e. The fourth-order valence-electron chi connectivity index (χ4n) is 4.47. The molecule has 2 aliphatic heterocycles. The van der Waals surface area contributed by atoms with Gasteiger partial charge in [0.2, 0.25) is 0 Å². The summed E-state index contributed by atoms with van der Waals surface area (Å²) in [4.78, 5) is 32.9. The molecule has 7 heteroatoms. The first-order valence-electron chi connectivity index (χ1n) is 10.8. The van der Waals surface area contributed by atoms with Crippen molar-refractivity contribution < 1.29 is 14.3 Å². The highest BCUT2D eigenvalue weighted by molar-refractivity contribution is 6.36. The summed E-state index contributed by atoms with van der Waals surface area (Å²) in [6.07, 6.45) is 1.88. The average molecular weight is 454 g/mol. The van der Waals surface area contributed by atoms with Crippen LogP contribution in [0.1, 0.15) is 24.0 Å². The fraction of sp³-hybridized carbons (Fsp3) is 0.360. The van der Waals surface area contributed by atoms with Crippen molar-refractivity contribution in [3.8, 4) is 5.75 Å². The van der Waals surface area contributed by atoms with E-state index in [2.05, 4.69) is 11.9 Å². The number of amides is 2. The zero-order chi connectivity index (χ0) is 22.8. The Morgan fingerprint density at radius 1 is 1.03 bits per heavy atom. The van der Waals surface area contributed by atoms with Crippen LogP contribution in [0.4, 0.5) is 0 Å². The number of halogens is 1. The number of carbonyl (C=O) groups is 2. The number of para-hydroxylation sites is 1. The summed E-state index contributed by atoms with van der Waals surface area (Å²) < 4.78 is 5.54. The second kappa shape index (κ2) is 9.35. The van der Waals surface area contributed by atoms with Crippen molar-refractivity contribution in [1.82, 2.24) is 14.7 Å². The maximum absolute atomic E-state index is 13.6. The Hall–Kier alpha value is -2.83. The molecule has 1 fully saturated rings. The van der Waals surface area contributed by atoms with Gasteiger partial charge in [-0.25, -0.2) is 0 Å². The predicted octanol–water partition coefficient (Wildman–Crippen LogP) is 3.65. The van der Waals surface area contributed by atoms with Gasteiger partial charge in [0.05, 0.1) is 19.2 Å². The second-order valence-corrected chi connectivity index (χ2v) is 8.83. The Morgan fingerprint density at radius 2 is 1.69 bits per heavy atom.